The summed E-state index contributed by atoms with van der Waals surface area (Å²) in [7, 11) is 0. The molecular weight excluding hydrogens is 414 g/mol. The van der Waals surface area contributed by atoms with Crippen molar-refractivity contribution in [2.24, 2.45) is 5.92 Å². The van der Waals surface area contributed by atoms with Crippen LogP contribution in [0.25, 0.3) is 11.3 Å². The highest BCUT2D eigenvalue weighted by atomic mass is 16.5. The van der Waals surface area contributed by atoms with Gasteiger partial charge in [-0.15, -0.1) is 0 Å². The predicted octanol–water partition coefficient (Wildman–Crippen LogP) is 4.14. The van der Waals surface area contributed by atoms with E-state index in [9.17, 15) is 4.79 Å². The van der Waals surface area contributed by atoms with Crippen LogP contribution in [0.15, 0.2) is 48.7 Å². The van der Waals surface area contributed by atoms with E-state index in [2.05, 4.69) is 17.2 Å². The summed E-state index contributed by atoms with van der Waals surface area (Å²) in [4.78, 5) is 20.6. The van der Waals surface area contributed by atoms with Crippen LogP contribution in [0.5, 0.6) is 0 Å². The van der Waals surface area contributed by atoms with Gasteiger partial charge in [0.05, 0.1) is 37.1 Å². The molecule has 5 rings (SSSR count). The number of hydrogen-bond acceptors (Lipinski definition) is 5. The number of hydrogen-bond donors (Lipinski definition) is 1. The second-order valence-corrected chi connectivity index (χ2v) is 9.10. The number of rotatable bonds is 5. The van der Waals surface area contributed by atoms with Crippen LogP contribution in [0.1, 0.15) is 41.4 Å². The average molecular weight is 446 g/mol. The molecule has 7 heteroatoms. The molecule has 0 aliphatic carbocycles. The van der Waals surface area contributed by atoms with E-state index in [1.165, 1.54) is 0 Å². The predicted molar refractivity (Wildman–Crippen MR) is 128 cm³/mol. The summed E-state index contributed by atoms with van der Waals surface area (Å²) in [6.45, 7) is 7.39. The lowest BCUT2D eigenvalue weighted by Gasteiger charge is -2.40. The average Bonchev–Trinajstić information content (AvgIpc) is 3.24. The monoisotopic (exact) mass is 445 g/mol. The zero-order valence-corrected chi connectivity index (χ0v) is 19.3. The molecule has 1 aromatic carbocycles. The second-order valence-electron chi connectivity index (χ2n) is 9.10. The first-order chi connectivity index (χ1) is 16.1. The van der Waals surface area contributed by atoms with Crippen molar-refractivity contribution in [3.8, 4) is 11.3 Å². The highest BCUT2D eigenvalue weighted by Gasteiger charge is 2.36. The van der Waals surface area contributed by atoms with Crippen molar-refractivity contribution >= 4 is 11.7 Å². The van der Waals surface area contributed by atoms with Crippen LogP contribution < -0.4 is 5.32 Å². The van der Waals surface area contributed by atoms with Crippen molar-refractivity contribution < 1.29 is 9.53 Å². The number of carbonyl (C=O) groups is 1. The van der Waals surface area contributed by atoms with Gasteiger partial charge in [0.25, 0.3) is 5.91 Å². The number of carbonyl (C=O) groups excluding carboxylic acids is 1. The molecule has 3 aromatic rings. The number of fused-ring (bicyclic) bond motifs is 1. The topological polar surface area (TPSA) is 72.3 Å². The summed E-state index contributed by atoms with van der Waals surface area (Å²) in [6.07, 6.45) is 3.98. The zero-order chi connectivity index (χ0) is 22.8. The molecule has 0 unspecified atom stereocenters. The van der Waals surface area contributed by atoms with E-state index in [0.29, 0.717) is 37.8 Å². The Morgan fingerprint density at radius 2 is 2.03 bits per heavy atom. The minimum atomic E-state index is 0.0517. The molecule has 0 bridgehead atoms. The van der Waals surface area contributed by atoms with E-state index in [-0.39, 0.29) is 11.9 Å². The Balaban J connectivity index is 1.46. The maximum Gasteiger partial charge on any atom is 0.258 e. The number of ether oxygens (including phenoxy) is 1. The number of anilines is 1. The highest BCUT2D eigenvalue weighted by molar-refractivity contribution is 6.01. The molecule has 2 aliphatic heterocycles. The molecule has 0 saturated carbocycles. The van der Waals surface area contributed by atoms with Gasteiger partial charge in [-0.1, -0.05) is 43.3 Å². The third-order valence-corrected chi connectivity index (χ3v) is 6.79. The molecule has 0 spiro atoms. The summed E-state index contributed by atoms with van der Waals surface area (Å²) in [5, 5.41) is 8.31. The van der Waals surface area contributed by atoms with Gasteiger partial charge >= 0.3 is 0 Å². The number of pyridine rings is 1. The van der Waals surface area contributed by atoms with Crippen molar-refractivity contribution in [3.05, 3.63) is 65.5 Å². The first-order valence-electron chi connectivity index (χ1n) is 11.8. The second kappa shape index (κ2) is 9.35. The standard InChI is InChI=1S/C26H31N5O2/c1-18-10-11-23(27-15-18)28-16-21-19(2)7-6-12-30(21)26(32)24-22-17-33-14-13-31(22)29-25(24)20-8-4-3-5-9-20/h3-5,8-11,15,19,21H,6-7,12-14,16-17H2,1-2H3,(H,27,28)/t19-,21-/m1/s1. The van der Waals surface area contributed by atoms with Gasteiger partial charge in [0, 0.05) is 24.8 Å². The van der Waals surface area contributed by atoms with Gasteiger partial charge in [-0.2, -0.15) is 5.10 Å². The Kier molecular flexibility index (Phi) is 6.13. The molecule has 2 atom stereocenters. The quantitative estimate of drug-likeness (QED) is 0.639. The Morgan fingerprint density at radius 1 is 1.18 bits per heavy atom. The fourth-order valence-corrected chi connectivity index (χ4v) is 4.91. The Bertz CT molecular complexity index is 1110. The van der Waals surface area contributed by atoms with E-state index < -0.39 is 0 Å². The lowest BCUT2D eigenvalue weighted by Crippen LogP contribution is -2.51. The summed E-state index contributed by atoms with van der Waals surface area (Å²) in [6, 6.07) is 14.1. The number of amides is 1. The molecule has 1 fully saturated rings. The normalized spacial score (nSPS) is 20.4. The largest absolute Gasteiger partial charge is 0.373 e. The van der Waals surface area contributed by atoms with Crippen LogP contribution in [0, 0.1) is 12.8 Å². The Labute approximate surface area is 194 Å². The van der Waals surface area contributed by atoms with E-state index in [1.807, 2.05) is 65.2 Å². The molecule has 172 valence electrons. The molecule has 1 N–H and O–H groups in total. The number of aryl methyl sites for hydroxylation is 1. The summed E-state index contributed by atoms with van der Waals surface area (Å²) in [5.74, 6) is 1.28. The zero-order valence-electron chi connectivity index (χ0n) is 19.3. The molecule has 1 amide bonds. The third-order valence-electron chi connectivity index (χ3n) is 6.79. The molecule has 33 heavy (non-hydrogen) atoms. The van der Waals surface area contributed by atoms with Crippen molar-refractivity contribution in [1.82, 2.24) is 19.7 Å². The molecule has 4 heterocycles. The Hall–Kier alpha value is -3.19. The smallest absolute Gasteiger partial charge is 0.258 e. The fourth-order valence-electron chi connectivity index (χ4n) is 4.91. The van der Waals surface area contributed by atoms with Crippen LogP contribution in [-0.4, -0.2) is 51.3 Å². The lowest BCUT2D eigenvalue weighted by molar-refractivity contribution is 0.0520. The summed E-state index contributed by atoms with van der Waals surface area (Å²) < 4.78 is 7.69. The van der Waals surface area contributed by atoms with Crippen LogP contribution in [0.2, 0.25) is 0 Å². The number of nitrogens with one attached hydrogen (secondary N) is 1. The third kappa shape index (κ3) is 4.37. The van der Waals surface area contributed by atoms with Crippen LogP contribution >= 0.6 is 0 Å². The maximum absolute atomic E-state index is 14.1. The minimum Gasteiger partial charge on any atom is -0.373 e. The minimum absolute atomic E-state index is 0.0517. The maximum atomic E-state index is 14.1. The van der Waals surface area contributed by atoms with Gasteiger partial charge < -0.3 is 15.0 Å². The lowest BCUT2D eigenvalue weighted by atomic mass is 9.89. The number of aromatic nitrogens is 3. The molecule has 7 nitrogen and oxygen atoms in total. The highest BCUT2D eigenvalue weighted by Crippen LogP contribution is 2.32. The molecule has 0 radical (unpaired) electrons. The van der Waals surface area contributed by atoms with Crippen molar-refractivity contribution in [2.45, 2.75) is 45.9 Å². The van der Waals surface area contributed by atoms with Gasteiger partial charge in [0.1, 0.15) is 11.5 Å². The fraction of sp³-hybridized carbons (Fsp3) is 0.423. The van der Waals surface area contributed by atoms with Gasteiger partial charge in [-0.3, -0.25) is 9.48 Å². The van der Waals surface area contributed by atoms with Gasteiger partial charge in [0.2, 0.25) is 0 Å². The summed E-state index contributed by atoms with van der Waals surface area (Å²) in [5.41, 5.74) is 4.42. The van der Waals surface area contributed by atoms with Crippen molar-refractivity contribution in [2.75, 3.05) is 25.0 Å². The molecule has 2 aliphatic rings. The number of piperidine rings is 1. The van der Waals surface area contributed by atoms with Crippen molar-refractivity contribution in [1.29, 1.82) is 0 Å². The SMILES string of the molecule is Cc1ccc(NC[C@@H]2[C@H](C)CCCN2C(=O)c2c(-c3ccccc3)nn3c2COCC3)nc1. The van der Waals surface area contributed by atoms with E-state index >= 15 is 0 Å². The van der Waals surface area contributed by atoms with Crippen LogP contribution in [0.4, 0.5) is 5.82 Å². The molecule has 2 aromatic heterocycles. The Morgan fingerprint density at radius 3 is 2.82 bits per heavy atom. The summed E-state index contributed by atoms with van der Waals surface area (Å²) >= 11 is 0. The first-order valence-corrected chi connectivity index (χ1v) is 11.8. The van der Waals surface area contributed by atoms with Gasteiger partial charge in [0.15, 0.2) is 0 Å². The molecular formula is C26H31N5O2. The van der Waals surface area contributed by atoms with Gasteiger partial charge in [-0.25, -0.2) is 4.98 Å². The van der Waals surface area contributed by atoms with E-state index in [4.69, 9.17) is 9.84 Å². The first kappa shape index (κ1) is 21.6. The number of benzene rings is 1. The van der Waals surface area contributed by atoms with Gasteiger partial charge in [-0.05, 0) is 37.3 Å². The van der Waals surface area contributed by atoms with Crippen LogP contribution in [0.3, 0.4) is 0 Å². The number of nitrogens with zero attached hydrogens (tertiary/aromatic N) is 4. The van der Waals surface area contributed by atoms with Crippen LogP contribution in [-0.2, 0) is 17.9 Å². The van der Waals surface area contributed by atoms with E-state index in [1.54, 1.807) is 0 Å². The van der Waals surface area contributed by atoms with Crippen molar-refractivity contribution in [3.63, 3.8) is 0 Å². The molecule has 1 saturated heterocycles. The van der Waals surface area contributed by atoms with E-state index in [0.717, 1.165) is 47.7 Å². The number of likely N-dealkylation sites (tertiary alicyclic amines) is 1.